The molecule has 2 heterocycles. The van der Waals surface area contributed by atoms with Crippen LogP contribution in [0.5, 0.6) is 5.75 Å². The van der Waals surface area contributed by atoms with Crippen molar-refractivity contribution in [1.29, 1.82) is 0 Å². The summed E-state index contributed by atoms with van der Waals surface area (Å²) in [6.45, 7) is -2.24. The molecule has 1 N–H and O–H groups in total. The van der Waals surface area contributed by atoms with Crippen LogP contribution in [0.2, 0.25) is 5.02 Å². The van der Waals surface area contributed by atoms with Gasteiger partial charge in [0.25, 0.3) is 12.9 Å². The molecule has 0 unspecified atom stereocenters. The highest BCUT2D eigenvalue weighted by Gasteiger charge is 2.24. The number of nitrogens with zero attached hydrogens (tertiary/aromatic N) is 3. The van der Waals surface area contributed by atoms with Gasteiger partial charge in [0.15, 0.2) is 5.65 Å². The lowest BCUT2D eigenvalue weighted by Crippen LogP contribution is -2.20. The molecule has 1 aromatic carbocycles. The molecule has 0 saturated heterocycles. The number of hydrogen-bond acceptors (Lipinski definition) is 4. The Morgan fingerprint density at radius 1 is 1.16 bits per heavy atom. The third kappa shape index (κ3) is 5.01. The average Bonchev–Trinajstić information content (AvgIpc) is 2.98. The third-order valence-corrected chi connectivity index (χ3v) is 4.41. The van der Waals surface area contributed by atoms with E-state index in [-0.39, 0.29) is 33.2 Å². The monoisotopic (exact) mass is 466 g/mol. The smallest absolute Gasteiger partial charge is 0.387 e. The molecule has 0 atom stereocenters. The van der Waals surface area contributed by atoms with Crippen LogP contribution in [0, 0.1) is 6.92 Å². The minimum atomic E-state index is -3.10. The number of fused-ring (bicyclic) bond motifs is 1. The molecule has 0 aliphatic rings. The number of aromatic nitrogens is 3. The zero-order valence-electron chi connectivity index (χ0n) is 15.6. The second-order valence-electron chi connectivity index (χ2n) is 6.25. The minimum Gasteiger partial charge on any atom is -0.433 e. The van der Waals surface area contributed by atoms with E-state index < -0.39 is 43.2 Å². The molecule has 0 fully saturated rings. The molecule has 0 aliphatic carbocycles. The number of nitrogens with one attached hydrogen (secondary N) is 1. The fourth-order valence-electron chi connectivity index (χ4n) is 2.91. The molecule has 0 saturated carbocycles. The lowest BCUT2D eigenvalue weighted by Gasteiger charge is -2.10. The summed E-state index contributed by atoms with van der Waals surface area (Å²) in [5.74, 6) is -1.02. The van der Waals surface area contributed by atoms with Crippen LogP contribution < -0.4 is 10.1 Å². The van der Waals surface area contributed by atoms with Crippen LogP contribution in [-0.2, 0) is 11.3 Å². The van der Waals surface area contributed by atoms with Crippen molar-refractivity contribution in [2.45, 2.75) is 32.9 Å². The molecule has 0 spiro atoms. The molecule has 0 radical (unpaired) electrons. The number of aryl methyl sites for hydroxylation is 1. The van der Waals surface area contributed by atoms with Crippen LogP contribution in [0.1, 0.15) is 29.8 Å². The van der Waals surface area contributed by atoms with Crippen LogP contribution >= 0.6 is 11.6 Å². The number of hydrogen-bond donors (Lipinski definition) is 1. The Morgan fingerprint density at radius 3 is 2.45 bits per heavy atom. The number of halogens is 7. The average molecular weight is 467 g/mol. The second kappa shape index (κ2) is 9.00. The van der Waals surface area contributed by atoms with Gasteiger partial charge in [-0.2, -0.15) is 13.9 Å². The predicted molar refractivity (Wildman–Crippen MR) is 98.9 cm³/mol. The van der Waals surface area contributed by atoms with Crippen molar-refractivity contribution in [1.82, 2.24) is 14.8 Å². The Morgan fingerprint density at radius 2 is 1.87 bits per heavy atom. The summed E-state index contributed by atoms with van der Waals surface area (Å²) < 4.78 is 82.6. The van der Waals surface area contributed by atoms with Crippen molar-refractivity contribution >= 4 is 34.2 Å². The van der Waals surface area contributed by atoms with Crippen LogP contribution in [0.25, 0.3) is 11.0 Å². The molecule has 2 aromatic heterocycles. The maximum absolute atomic E-state index is 13.4. The van der Waals surface area contributed by atoms with E-state index in [2.05, 4.69) is 20.1 Å². The topological polar surface area (TPSA) is 69.0 Å². The summed E-state index contributed by atoms with van der Waals surface area (Å²) in [5, 5.41) is 6.06. The normalized spacial score (nSPS) is 11.7. The molecule has 1 amide bonds. The van der Waals surface area contributed by atoms with Crippen molar-refractivity contribution in [3.05, 3.63) is 46.2 Å². The van der Waals surface area contributed by atoms with E-state index in [1.807, 2.05) is 0 Å². The molecule has 13 heteroatoms. The zero-order chi connectivity index (χ0) is 22.9. The fourth-order valence-corrected chi connectivity index (χ4v) is 3.13. The summed E-state index contributed by atoms with van der Waals surface area (Å²) in [5.41, 5.74) is -1.61. The number of alkyl halides is 6. The van der Waals surface area contributed by atoms with Crippen LogP contribution in [0.4, 0.5) is 32.0 Å². The first-order chi connectivity index (χ1) is 14.6. The van der Waals surface area contributed by atoms with Gasteiger partial charge >= 0.3 is 6.61 Å². The van der Waals surface area contributed by atoms with Crippen molar-refractivity contribution < 1.29 is 35.9 Å². The number of ether oxygens (including phenoxy) is 1. The van der Waals surface area contributed by atoms with Crippen LogP contribution in [0.3, 0.4) is 0 Å². The van der Waals surface area contributed by atoms with Crippen LogP contribution in [0.15, 0.2) is 24.3 Å². The van der Waals surface area contributed by atoms with Gasteiger partial charge in [0.05, 0.1) is 16.1 Å². The van der Waals surface area contributed by atoms with E-state index in [0.29, 0.717) is 6.07 Å². The molecule has 0 bridgehead atoms. The molecule has 3 rings (SSSR count). The Hall–Kier alpha value is -3.02. The summed E-state index contributed by atoms with van der Waals surface area (Å²) in [6.07, 6.45) is -6.15. The van der Waals surface area contributed by atoms with E-state index in [1.54, 1.807) is 0 Å². The summed E-state index contributed by atoms with van der Waals surface area (Å²) in [7, 11) is 0. The van der Waals surface area contributed by atoms with Gasteiger partial charge in [-0.05, 0) is 31.2 Å². The highest BCUT2D eigenvalue weighted by molar-refractivity contribution is 6.32. The fraction of sp³-hybridized carbons (Fsp3) is 0.278. The summed E-state index contributed by atoms with van der Waals surface area (Å²) >= 11 is 5.81. The highest BCUT2D eigenvalue weighted by Crippen LogP contribution is 2.33. The molecule has 31 heavy (non-hydrogen) atoms. The molecule has 0 aliphatic heterocycles. The molecule has 6 nitrogen and oxygen atoms in total. The van der Waals surface area contributed by atoms with Gasteiger partial charge in [0, 0.05) is 11.3 Å². The first-order valence-electron chi connectivity index (χ1n) is 8.55. The molecular weight excluding hydrogens is 454 g/mol. The van der Waals surface area contributed by atoms with Crippen molar-refractivity contribution in [3.63, 3.8) is 0 Å². The second-order valence-corrected chi connectivity index (χ2v) is 6.66. The zero-order valence-corrected chi connectivity index (χ0v) is 16.3. The van der Waals surface area contributed by atoms with E-state index in [4.69, 9.17) is 11.6 Å². The van der Waals surface area contributed by atoms with Crippen molar-refractivity contribution in [2.24, 2.45) is 0 Å². The van der Waals surface area contributed by atoms with Crippen molar-refractivity contribution in [2.75, 3.05) is 5.32 Å². The van der Waals surface area contributed by atoms with Gasteiger partial charge in [-0.1, -0.05) is 11.6 Å². The van der Waals surface area contributed by atoms with Gasteiger partial charge in [0.1, 0.15) is 18.0 Å². The molecular formula is C18H13ClF6N4O2. The molecule has 3 aromatic rings. The minimum absolute atomic E-state index is 0.0861. The third-order valence-electron chi connectivity index (χ3n) is 4.11. The van der Waals surface area contributed by atoms with E-state index in [0.717, 1.165) is 16.8 Å². The van der Waals surface area contributed by atoms with Gasteiger partial charge in [-0.3, -0.25) is 4.79 Å². The van der Waals surface area contributed by atoms with Gasteiger partial charge in [-0.25, -0.2) is 27.2 Å². The maximum atomic E-state index is 13.4. The summed E-state index contributed by atoms with van der Waals surface area (Å²) in [6, 6.07) is 4.13. The maximum Gasteiger partial charge on any atom is 0.387 e. The van der Waals surface area contributed by atoms with Crippen molar-refractivity contribution in [3.8, 4) is 5.75 Å². The number of benzene rings is 1. The summed E-state index contributed by atoms with van der Waals surface area (Å²) in [4.78, 5) is 16.0. The number of carbonyl (C=O) groups excluding carboxylic acids is 1. The number of anilines is 1. The number of pyridine rings is 1. The molecule has 166 valence electrons. The van der Waals surface area contributed by atoms with Gasteiger partial charge in [0.2, 0.25) is 5.91 Å². The Balaban J connectivity index is 1.88. The first kappa shape index (κ1) is 22.7. The predicted octanol–water partition coefficient (Wildman–Crippen LogP) is 5.51. The first-order valence-corrected chi connectivity index (χ1v) is 8.93. The van der Waals surface area contributed by atoms with E-state index >= 15 is 0 Å². The number of rotatable bonds is 7. The Bertz CT molecular complexity index is 1120. The lowest BCUT2D eigenvalue weighted by atomic mass is 10.1. The van der Waals surface area contributed by atoms with Gasteiger partial charge < -0.3 is 10.1 Å². The van der Waals surface area contributed by atoms with Crippen LogP contribution in [-0.4, -0.2) is 27.3 Å². The largest absolute Gasteiger partial charge is 0.433 e. The van der Waals surface area contributed by atoms with Gasteiger partial charge in [-0.15, -0.1) is 0 Å². The Labute approximate surface area is 175 Å². The number of carbonyl (C=O) groups is 1. The van der Waals surface area contributed by atoms with E-state index in [1.165, 1.54) is 13.0 Å². The Kier molecular flexibility index (Phi) is 6.58. The standard InChI is InChI=1S/C18H13ClF6N4O2/c1-7-14-9(15(20)21)5-11(16(22)23)27-17(14)29(28-7)6-13(30)26-8-2-3-12(10(19)4-8)31-18(24)25/h2-5,15-16,18H,6H2,1H3,(H,26,30). The lowest BCUT2D eigenvalue weighted by molar-refractivity contribution is -0.116. The SMILES string of the molecule is Cc1nn(CC(=O)Nc2ccc(OC(F)F)c(Cl)c2)c2nc(C(F)F)cc(C(F)F)c12. The highest BCUT2D eigenvalue weighted by atomic mass is 35.5. The quantitative estimate of drug-likeness (QED) is 0.466. The van der Waals surface area contributed by atoms with E-state index in [9.17, 15) is 31.1 Å². The number of amides is 1.